The molecule has 0 amide bonds. The van der Waals surface area contributed by atoms with E-state index in [-0.39, 0.29) is 0 Å². The number of rotatable bonds is 8. The molecule has 8 heteroatoms. The Bertz CT molecular complexity index is 1500. The van der Waals surface area contributed by atoms with E-state index in [2.05, 4.69) is 15.3 Å². The first-order chi connectivity index (χ1) is 18.9. The number of carbonyl (C=O) groups is 1. The highest BCUT2D eigenvalue weighted by molar-refractivity contribution is 6.33. The summed E-state index contributed by atoms with van der Waals surface area (Å²) in [5, 5.41) is 4.08. The number of aromatic nitrogens is 2. The molecule has 1 aromatic heterocycles. The molecule has 2 heterocycles. The Hall–Kier alpha value is -3.55. The summed E-state index contributed by atoms with van der Waals surface area (Å²) in [5.41, 5.74) is 6.59. The van der Waals surface area contributed by atoms with Crippen molar-refractivity contribution in [2.75, 3.05) is 18.4 Å². The molecule has 3 aromatic carbocycles. The number of anilines is 2. The Labute approximate surface area is 231 Å². The highest BCUT2D eigenvalue weighted by atomic mass is 35.5. The second kappa shape index (κ2) is 10.5. The van der Waals surface area contributed by atoms with Crippen LogP contribution in [0.4, 0.5) is 20.2 Å². The van der Waals surface area contributed by atoms with Gasteiger partial charge in [-0.2, -0.15) is 8.78 Å². The van der Waals surface area contributed by atoms with Crippen molar-refractivity contribution in [2.24, 2.45) is 5.92 Å². The van der Waals surface area contributed by atoms with E-state index in [9.17, 15) is 13.6 Å². The van der Waals surface area contributed by atoms with Gasteiger partial charge >= 0.3 is 5.92 Å². The number of benzene rings is 3. The minimum absolute atomic E-state index is 0.388. The Kier molecular flexibility index (Phi) is 6.95. The van der Waals surface area contributed by atoms with Crippen molar-refractivity contribution in [2.45, 2.75) is 38.2 Å². The highest BCUT2D eigenvalue weighted by Crippen LogP contribution is 2.36. The quantitative estimate of drug-likeness (QED) is 0.240. The molecule has 0 unspecified atom stereocenters. The fraction of sp³-hybridized carbons (Fsp3) is 0.290. The van der Waals surface area contributed by atoms with Crippen LogP contribution in [-0.2, 0) is 17.8 Å². The van der Waals surface area contributed by atoms with Gasteiger partial charge in [0.2, 0.25) is 5.78 Å². The van der Waals surface area contributed by atoms with E-state index in [1.165, 1.54) is 0 Å². The first-order valence-electron chi connectivity index (χ1n) is 13.3. The first kappa shape index (κ1) is 25.7. The molecule has 1 saturated carbocycles. The van der Waals surface area contributed by atoms with Crippen molar-refractivity contribution in [3.63, 3.8) is 0 Å². The lowest BCUT2D eigenvalue weighted by Crippen LogP contribution is -2.47. The standard InChI is InChI=1S/C31H29ClF2N4O/c32-26-13-12-23(16-25(26)30-35-17-28(37-30)20-6-2-1-3-7-20)36-27-11-5-10-22-18-38(15-14-24(22)27)19-31(33,34)29(39)21-8-4-9-21/h1-3,5-7,10-13,16-17,21,36H,4,8-9,14-15,18-19H2,(H,35,37). The van der Waals surface area contributed by atoms with E-state index in [4.69, 9.17) is 11.6 Å². The smallest absolute Gasteiger partial charge is 0.317 e. The molecule has 0 atom stereocenters. The number of alkyl halides is 2. The molecular formula is C31H29ClF2N4O. The van der Waals surface area contributed by atoms with Crippen LogP contribution < -0.4 is 5.32 Å². The molecule has 2 N–H and O–H groups in total. The largest absolute Gasteiger partial charge is 0.355 e. The van der Waals surface area contributed by atoms with Gasteiger partial charge in [0.1, 0.15) is 5.82 Å². The van der Waals surface area contributed by atoms with Gasteiger partial charge in [-0.25, -0.2) is 4.98 Å². The molecule has 0 saturated heterocycles. The molecule has 6 rings (SSSR count). The monoisotopic (exact) mass is 546 g/mol. The van der Waals surface area contributed by atoms with Gasteiger partial charge < -0.3 is 10.3 Å². The summed E-state index contributed by atoms with van der Waals surface area (Å²) < 4.78 is 29.4. The molecule has 1 aliphatic carbocycles. The number of imidazole rings is 1. The lowest BCUT2D eigenvalue weighted by molar-refractivity contribution is -0.153. The van der Waals surface area contributed by atoms with Crippen molar-refractivity contribution in [1.82, 2.24) is 14.9 Å². The van der Waals surface area contributed by atoms with Crippen molar-refractivity contribution >= 4 is 28.8 Å². The van der Waals surface area contributed by atoms with Crippen LogP contribution in [0.5, 0.6) is 0 Å². The van der Waals surface area contributed by atoms with Gasteiger partial charge in [0, 0.05) is 35.9 Å². The molecule has 0 radical (unpaired) electrons. The van der Waals surface area contributed by atoms with Crippen molar-refractivity contribution in [3.8, 4) is 22.6 Å². The predicted octanol–water partition coefficient (Wildman–Crippen LogP) is 7.50. The van der Waals surface area contributed by atoms with Crippen LogP contribution >= 0.6 is 11.6 Å². The van der Waals surface area contributed by atoms with Gasteiger partial charge in [0.05, 0.1) is 23.5 Å². The van der Waals surface area contributed by atoms with Gasteiger partial charge in [0.25, 0.3) is 0 Å². The van der Waals surface area contributed by atoms with E-state index in [1.807, 2.05) is 66.7 Å². The summed E-state index contributed by atoms with van der Waals surface area (Å²) in [7, 11) is 0. The van der Waals surface area contributed by atoms with Crippen molar-refractivity contribution in [3.05, 3.63) is 89.1 Å². The number of fused-ring (bicyclic) bond motifs is 1. The van der Waals surface area contributed by atoms with Crippen LogP contribution in [0.2, 0.25) is 5.02 Å². The normalized spacial score (nSPS) is 16.0. The molecule has 2 aliphatic rings. The maximum atomic E-state index is 14.7. The fourth-order valence-corrected chi connectivity index (χ4v) is 5.62. The van der Waals surface area contributed by atoms with E-state index in [1.54, 1.807) is 11.1 Å². The van der Waals surface area contributed by atoms with Crippen molar-refractivity contribution < 1.29 is 13.6 Å². The minimum atomic E-state index is -3.30. The van der Waals surface area contributed by atoms with Crippen molar-refractivity contribution in [1.29, 1.82) is 0 Å². The molecule has 0 bridgehead atoms. The fourth-order valence-electron chi connectivity index (χ4n) is 5.41. The topological polar surface area (TPSA) is 61.0 Å². The van der Waals surface area contributed by atoms with Gasteiger partial charge in [0.15, 0.2) is 0 Å². The second-order valence-corrected chi connectivity index (χ2v) is 10.8. The summed E-state index contributed by atoms with van der Waals surface area (Å²) in [5.74, 6) is -3.99. The lowest BCUT2D eigenvalue weighted by Gasteiger charge is -2.34. The van der Waals surface area contributed by atoms with Crippen LogP contribution in [0, 0.1) is 5.92 Å². The summed E-state index contributed by atoms with van der Waals surface area (Å²) in [6, 6.07) is 21.6. The SMILES string of the molecule is O=C(C1CCC1)C(F)(F)CN1CCc2c(cccc2Nc2ccc(Cl)c(-c3ncc(-c4ccccc4)[nH]3)c2)C1. The molecule has 0 spiro atoms. The Morgan fingerprint density at radius 3 is 2.69 bits per heavy atom. The number of H-pyrrole nitrogens is 1. The summed E-state index contributed by atoms with van der Waals surface area (Å²) >= 11 is 6.55. The lowest BCUT2D eigenvalue weighted by atomic mass is 9.80. The number of hydrogen-bond acceptors (Lipinski definition) is 4. The summed E-state index contributed by atoms with van der Waals surface area (Å²) in [4.78, 5) is 21.9. The van der Waals surface area contributed by atoms with E-state index < -0.39 is 24.2 Å². The number of nitrogens with one attached hydrogen (secondary N) is 2. The molecule has 1 aliphatic heterocycles. The number of halogens is 3. The number of carbonyl (C=O) groups excluding carboxylic acids is 1. The van der Waals surface area contributed by atoms with Gasteiger partial charge in [-0.1, -0.05) is 60.5 Å². The molecule has 4 aromatic rings. The van der Waals surface area contributed by atoms with E-state index in [0.29, 0.717) is 43.2 Å². The maximum absolute atomic E-state index is 14.7. The Balaban J connectivity index is 1.18. The zero-order valence-electron chi connectivity index (χ0n) is 21.4. The molecule has 39 heavy (non-hydrogen) atoms. The van der Waals surface area contributed by atoms with Crippen LogP contribution in [0.25, 0.3) is 22.6 Å². The third-order valence-corrected chi connectivity index (χ3v) is 8.09. The number of nitrogens with zero attached hydrogens (tertiary/aromatic N) is 2. The van der Waals surface area contributed by atoms with Crippen LogP contribution in [0.3, 0.4) is 0 Å². The number of ketones is 1. The highest BCUT2D eigenvalue weighted by Gasteiger charge is 2.46. The second-order valence-electron chi connectivity index (χ2n) is 10.4. The molecule has 200 valence electrons. The van der Waals surface area contributed by atoms with Gasteiger partial charge in [-0.05, 0) is 60.2 Å². The van der Waals surface area contributed by atoms with Gasteiger partial charge in [-0.3, -0.25) is 9.69 Å². The summed E-state index contributed by atoms with van der Waals surface area (Å²) in [6.07, 6.45) is 4.46. The zero-order valence-corrected chi connectivity index (χ0v) is 22.1. The van der Waals surface area contributed by atoms with E-state index in [0.717, 1.165) is 45.7 Å². The van der Waals surface area contributed by atoms with Crippen LogP contribution in [0.15, 0.2) is 72.9 Å². The first-order valence-corrected chi connectivity index (χ1v) is 13.7. The Morgan fingerprint density at radius 2 is 1.92 bits per heavy atom. The maximum Gasteiger partial charge on any atom is 0.317 e. The van der Waals surface area contributed by atoms with Crippen LogP contribution in [-0.4, -0.2) is 39.7 Å². The molecular weight excluding hydrogens is 518 g/mol. The molecule has 5 nitrogen and oxygen atoms in total. The van der Waals surface area contributed by atoms with Gasteiger partial charge in [-0.15, -0.1) is 0 Å². The number of aromatic amines is 1. The average molecular weight is 547 g/mol. The predicted molar refractivity (Wildman–Crippen MR) is 150 cm³/mol. The third kappa shape index (κ3) is 5.34. The van der Waals surface area contributed by atoms with E-state index >= 15 is 0 Å². The van der Waals surface area contributed by atoms with Crippen LogP contribution in [0.1, 0.15) is 30.4 Å². The third-order valence-electron chi connectivity index (χ3n) is 7.76. The Morgan fingerprint density at radius 1 is 1.10 bits per heavy atom. The minimum Gasteiger partial charge on any atom is -0.355 e. The average Bonchev–Trinajstić information content (AvgIpc) is 3.39. The number of hydrogen-bond donors (Lipinski definition) is 2. The molecule has 1 fully saturated rings. The zero-order chi connectivity index (χ0) is 27.0. The summed E-state index contributed by atoms with van der Waals surface area (Å²) in [6.45, 7) is 0.340. The number of Topliss-reactive ketones (excluding diaryl/α,β-unsaturated/α-hetero) is 1.